The van der Waals surface area contributed by atoms with Gasteiger partial charge >= 0.3 is 0 Å². The lowest BCUT2D eigenvalue weighted by Crippen LogP contribution is -2.23. The van der Waals surface area contributed by atoms with Crippen molar-refractivity contribution in [2.75, 3.05) is 19.0 Å². The van der Waals surface area contributed by atoms with Crippen molar-refractivity contribution in [3.05, 3.63) is 58.8 Å². The second-order valence-corrected chi connectivity index (χ2v) is 8.41. The molecule has 0 spiro atoms. The molecule has 1 N–H and O–H groups in total. The van der Waals surface area contributed by atoms with Crippen molar-refractivity contribution in [3.8, 4) is 11.4 Å². The van der Waals surface area contributed by atoms with E-state index < -0.39 is 11.1 Å². The van der Waals surface area contributed by atoms with Crippen LogP contribution in [-0.4, -0.2) is 39.6 Å². The highest BCUT2D eigenvalue weighted by atomic mass is 79.9. The Morgan fingerprint density at radius 1 is 1.28 bits per heavy atom. The number of aromatic nitrogens is 3. The number of ether oxygens (including phenoxy) is 1. The molecule has 0 aliphatic rings. The maximum absolute atomic E-state index is 14.0. The van der Waals surface area contributed by atoms with Gasteiger partial charge in [0, 0.05) is 17.1 Å². The van der Waals surface area contributed by atoms with E-state index in [1.807, 2.05) is 34.9 Å². The lowest BCUT2D eigenvalue weighted by atomic mass is 10.2. The van der Waals surface area contributed by atoms with Gasteiger partial charge in [0.15, 0.2) is 11.0 Å². The monoisotopic (exact) mass is 478 g/mol. The van der Waals surface area contributed by atoms with Crippen LogP contribution in [0, 0.1) is 5.82 Å². The summed E-state index contributed by atoms with van der Waals surface area (Å²) in [5.74, 6) is -0.116. The highest BCUT2D eigenvalue weighted by Gasteiger charge is 2.21. The first kappa shape index (κ1) is 21.5. The molecule has 0 fully saturated rings. The second kappa shape index (κ2) is 10.00. The van der Waals surface area contributed by atoms with Crippen molar-refractivity contribution >= 4 is 39.3 Å². The first-order chi connectivity index (χ1) is 14.0. The number of hydrogen-bond acceptors (Lipinski definition) is 5. The molecule has 0 saturated heterocycles. The molecule has 1 atom stereocenters. The van der Waals surface area contributed by atoms with E-state index in [9.17, 15) is 9.18 Å². The zero-order chi connectivity index (χ0) is 20.8. The van der Waals surface area contributed by atoms with Gasteiger partial charge in [0.25, 0.3) is 0 Å². The summed E-state index contributed by atoms with van der Waals surface area (Å²) in [5.41, 5.74) is 1.06. The Kier molecular flexibility index (Phi) is 7.40. The first-order valence-corrected chi connectivity index (χ1v) is 10.6. The van der Waals surface area contributed by atoms with Crippen molar-refractivity contribution in [2.24, 2.45) is 0 Å². The molecule has 0 aliphatic heterocycles. The van der Waals surface area contributed by atoms with E-state index in [1.165, 1.54) is 23.9 Å². The molecule has 2 aromatic carbocycles. The van der Waals surface area contributed by atoms with Crippen LogP contribution in [0.5, 0.6) is 0 Å². The van der Waals surface area contributed by atoms with Gasteiger partial charge in [-0.3, -0.25) is 9.36 Å². The maximum atomic E-state index is 14.0. The Labute approximate surface area is 181 Å². The van der Waals surface area contributed by atoms with Gasteiger partial charge in [-0.15, -0.1) is 10.2 Å². The van der Waals surface area contributed by atoms with Crippen LogP contribution in [0.2, 0.25) is 0 Å². The zero-order valence-corrected chi connectivity index (χ0v) is 18.3. The molecule has 6 nitrogen and oxygen atoms in total. The van der Waals surface area contributed by atoms with Gasteiger partial charge in [0.1, 0.15) is 5.82 Å². The molecule has 1 amide bonds. The van der Waals surface area contributed by atoms with Gasteiger partial charge in [-0.05, 0) is 25.1 Å². The van der Waals surface area contributed by atoms with Crippen LogP contribution in [0.25, 0.3) is 11.4 Å². The molecule has 3 aromatic rings. The number of halogens is 2. The van der Waals surface area contributed by atoms with Crippen LogP contribution in [0.4, 0.5) is 10.1 Å². The zero-order valence-electron chi connectivity index (χ0n) is 15.9. The van der Waals surface area contributed by atoms with Crippen LogP contribution < -0.4 is 5.32 Å². The van der Waals surface area contributed by atoms with Gasteiger partial charge < -0.3 is 10.1 Å². The van der Waals surface area contributed by atoms with E-state index in [-0.39, 0.29) is 11.6 Å². The van der Waals surface area contributed by atoms with Crippen molar-refractivity contribution in [1.29, 1.82) is 0 Å². The number of carbonyl (C=O) groups is 1. The standard InChI is InChI=1S/C20H20BrFN4O2S/c1-13(19(27)23-17-9-8-15(21)12-16(17)22)29-20-25-24-18(26(20)10-11-28-2)14-6-4-3-5-7-14/h3-9,12-13H,10-11H2,1-2H3,(H,23,27)/t13-/m0/s1. The molecule has 9 heteroatoms. The molecule has 0 radical (unpaired) electrons. The van der Waals surface area contributed by atoms with E-state index in [0.29, 0.717) is 28.6 Å². The number of amides is 1. The Hall–Kier alpha value is -2.23. The average Bonchev–Trinajstić information content (AvgIpc) is 3.11. The molecule has 1 aromatic heterocycles. The second-order valence-electron chi connectivity index (χ2n) is 6.19. The minimum absolute atomic E-state index is 0.136. The Balaban J connectivity index is 1.77. The minimum atomic E-state index is -0.507. The molecular weight excluding hydrogens is 459 g/mol. The summed E-state index contributed by atoms with van der Waals surface area (Å²) in [6, 6.07) is 14.2. The predicted molar refractivity (Wildman–Crippen MR) is 115 cm³/mol. The summed E-state index contributed by atoms with van der Waals surface area (Å²) < 4.78 is 21.7. The summed E-state index contributed by atoms with van der Waals surface area (Å²) in [6.07, 6.45) is 0. The van der Waals surface area contributed by atoms with Gasteiger partial charge in [-0.1, -0.05) is 58.0 Å². The number of hydrogen-bond donors (Lipinski definition) is 1. The molecular formula is C20H20BrFN4O2S. The smallest absolute Gasteiger partial charge is 0.237 e. The van der Waals surface area contributed by atoms with Crippen molar-refractivity contribution in [3.63, 3.8) is 0 Å². The number of nitrogens with one attached hydrogen (secondary N) is 1. The van der Waals surface area contributed by atoms with Gasteiger partial charge in [-0.2, -0.15) is 0 Å². The molecule has 152 valence electrons. The number of carbonyl (C=O) groups excluding carboxylic acids is 1. The molecule has 3 rings (SSSR count). The van der Waals surface area contributed by atoms with E-state index in [2.05, 4.69) is 31.4 Å². The molecule has 29 heavy (non-hydrogen) atoms. The SMILES string of the molecule is COCCn1c(S[C@@H](C)C(=O)Nc2ccc(Br)cc2F)nnc1-c1ccccc1. The van der Waals surface area contributed by atoms with Crippen LogP contribution >= 0.6 is 27.7 Å². The number of rotatable bonds is 8. The third kappa shape index (κ3) is 5.43. The summed E-state index contributed by atoms with van der Waals surface area (Å²) in [5, 5.41) is 11.3. The van der Waals surface area contributed by atoms with E-state index in [1.54, 1.807) is 20.1 Å². The number of anilines is 1. The summed E-state index contributed by atoms with van der Waals surface area (Å²) in [6.45, 7) is 2.77. The number of benzene rings is 2. The normalized spacial score (nSPS) is 12.0. The van der Waals surface area contributed by atoms with Gasteiger partial charge in [0.2, 0.25) is 5.91 Å². The quantitative estimate of drug-likeness (QED) is 0.478. The molecule has 0 saturated carbocycles. The summed E-state index contributed by atoms with van der Waals surface area (Å²) in [7, 11) is 1.63. The highest BCUT2D eigenvalue weighted by Crippen LogP contribution is 2.28. The Morgan fingerprint density at radius 2 is 2.03 bits per heavy atom. The van der Waals surface area contributed by atoms with Crippen molar-refractivity contribution in [1.82, 2.24) is 14.8 Å². The number of thioether (sulfide) groups is 1. The van der Waals surface area contributed by atoms with Crippen molar-refractivity contribution in [2.45, 2.75) is 23.9 Å². The minimum Gasteiger partial charge on any atom is -0.383 e. The fourth-order valence-electron chi connectivity index (χ4n) is 2.60. The highest BCUT2D eigenvalue weighted by molar-refractivity contribution is 9.10. The maximum Gasteiger partial charge on any atom is 0.237 e. The largest absolute Gasteiger partial charge is 0.383 e. The van der Waals surface area contributed by atoms with E-state index in [4.69, 9.17) is 4.74 Å². The average molecular weight is 479 g/mol. The molecule has 0 bridgehead atoms. The molecule has 0 unspecified atom stereocenters. The number of methoxy groups -OCH3 is 1. The Bertz CT molecular complexity index is 984. The third-order valence-corrected chi connectivity index (χ3v) is 5.68. The van der Waals surface area contributed by atoms with E-state index >= 15 is 0 Å². The lowest BCUT2D eigenvalue weighted by molar-refractivity contribution is -0.115. The fourth-order valence-corrected chi connectivity index (χ4v) is 3.81. The summed E-state index contributed by atoms with van der Waals surface area (Å²) >= 11 is 4.46. The molecule has 0 aliphatic carbocycles. The van der Waals surface area contributed by atoms with Crippen LogP contribution in [0.1, 0.15) is 6.92 Å². The van der Waals surface area contributed by atoms with Gasteiger partial charge in [-0.25, -0.2) is 4.39 Å². The topological polar surface area (TPSA) is 69.0 Å². The first-order valence-electron chi connectivity index (χ1n) is 8.89. The fraction of sp³-hybridized carbons (Fsp3) is 0.250. The van der Waals surface area contributed by atoms with Gasteiger partial charge in [0.05, 0.1) is 24.1 Å². The van der Waals surface area contributed by atoms with E-state index in [0.717, 1.165) is 5.56 Å². The van der Waals surface area contributed by atoms with Crippen LogP contribution in [0.3, 0.4) is 0 Å². The number of nitrogens with zero attached hydrogens (tertiary/aromatic N) is 3. The lowest BCUT2D eigenvalue weighted by Gasteiger charge is -2.14. The third-order valence-electron chi connectivity index (χ3n) is 4.11. The van der Waals surface area contributed by atoms with Crippen LogP contribution in [-0.2, 0) is 16.1 Å². The van der Waals surface area contributed by atoms with Crippen molar-refractivity contribution < 1.29 is 13.9 Å². The Morgan fingerprint density at radius 3 is 2.72 bits per heavy atom. The van der Waals surface area contributed by atoms with Crippen LogP contribution in [0.15, 0.2) is 58.2 Å². The predicted octanol–water partition coefficient (Wildman–Crippen LogP) is 4.61. The summed E-state index contributed by atoms with van der Waals surface area (Å²) in [4.78, 5) is 12.6. The molecule has 1 heterocycles.